The van der Waals surface area contributed by atoms with Crippen molar-refractivity contribution >= 4 is 5.91 Å². The maximum atomic E-state index is 12.0. The molecule has 1 aliphatic carbocycles. The Kier molecular flexibility index (Phi) is 5.72. The van der Waals surface area contributed by atoms with Crippen LogP contribution in [0.5, 0.6) is 5.88 Å². The molecule has 1 aliphatic heterocycles. The summed E-state index contributed by atoms with van der Waals surface area (Å²) in [5, 5.41) is 0. The summed E-state index contributed by atoms with van der Waals surface area (Å²) in [5.41, 5.74) is 5.91. The van der Waals surface area contributed by atoms with Gasteiger partial charge in [0.2, 0.25) is 11.8 Å². The van der Waals surface area contributed by atoms with E-state index >= 15 is 0 Å². The molecule has 2 fully saturated rings. The fraction of sp³-hybridized carbons (Fsp3) is 0.684. The van der Waals surface area contributed by atoms with E-state index in [1.54, 1.807) is 6.20 Å². The van der Waals surface area contributed by atoms with Crippen molar-refractivity contribution in [1.82, 2.24) is 4.98 Å². The molecule has 1 aromatic heterocycles. The Balaban J connectivity index is 1.57. The zero-order valence-electron chi connectivity index (χ0n) is 14.3. The average Bonchev–Trinajstić information content (AvgIpc) is 2.64. The van der Waals surface area contributed by atoms with Crippen LogP contribution < -0.4 is 10.5 Å². The molecular formula is C19H28N2O3. The normalized spacial score (nSPS) is 21.3. The van der Waals surface area contributed by atoms with Gasteiger partial charge in [0, 0.05) is 25.5 Å². The Morgan fingerprint density at radius 3 is 2.62 bits per heavy atom. The Morgan fingerprint density at radius 1 is 1.25 bits per heavy atom. The number of primary amides is 1. The molecule has 0 atom stereocenters. The van der Waals surface area contributed by atoms with E-state index in [0.717, 1.165) is 17.9 Å². The SMILES string of the molecule is NC(=O)C1(c2ccc(OCCC3CCCCC3)nc2)CCOCC1. The first-order valence-electron chi connectivity index (χ1n) is 9.18. The van der Waals surface area contributed by atoms with Gasteiger partial charge in [0.05, 0.1) is 12.0 Å². The third-order valence-electron chi connectivity index (χ3n) is 5.61. The monoisotopic (exact) mass is 332 g/mol. The number of pyridine rings is 1. The van der Waals surface area contributed by atoms with Crippen LogP contribution in [0.3, 0.4) is 0 Å². The van der Waals surface area contributed by atoms with Crippen LogP contribution in [0, 0.1) is 5.92 Å². The van der Waals surface area contributed by atoms with E-state index in [2.05, 4.69) is 4.98 Å². The van der Waals surface area contributed by atoms with Crippen molar-refractivity contribution in [2.24, 2.45) is 11.7 Å². The minimum absolute atomic E-state index is 0.293. The van der Waals surface area contributed by atoms with Crippen LogP contribution in [0.4, 0.5) is 0 Å². The summed E-state index contributed by atoms with van der Waals surface area (Å²) in [6.07, 6.45) is 10.8. The molecule has 132 valence electrons. The highest BCUT2D eigenvalue weighted by Crippen LogP contribution is 2.34. The van der Waals surface area contributed by atoms with Gasteiger partial charge in [0.15, 0.2) is 0 Å². The maximum Gasteiger partial charge on any atom is 0.228 e. The molecule has 1 amide bonds. The number of hydrogen-bond acceptors (Lipinski definition) is 4. The van der Waals surface area contributed by atoms with Crippen molar-refractivity contribution in [3.05, 3.63) is 23.9 Å². The highest BCUT2D eigenvalue weighted by molar-refractivity contribution is 5.86. The van der Waals surface area contributed by atoms with Crippen molar-refractivity contribution in [2.45, 2.75) is 56.8 Å². The van der Waals surface area contributed by atoms with E-state index in [-0.39, 0.29) is 5.91 Å². The van der Waals surface area contributed by atoms with Crippen LogP contribution in [0.2, 0.25) is 0 Å². The summed E-state index contributed by atoms with van der Waals surface area (Å²) in [6.45, 7) is 1.83. The number of nitrogens with zero attached hydrogens (tertiary/aromatic N) is 1. The number of nitrogens with two attached hydrogens (primary N) is 1. The Bertz CT molecular complexity index is 532. The first kappa shape index (κ1) is 17.2. The molecule has 0 bridgehead atoms. The lowest BCUT2D eigenvalue weighted by molar-refractivity contribution is -0.127. The van der Waals surface area contributed by atoms with Crippen LogP contribution in [-0.2, 0) is 14.9 Å². The highest BCUT2D eigenvalue weighted by Gasteiger charge is 2.40. The van der Waals surface area contributed by atoms with Gasteiger partial charge < -0.3 is 15.2 Å². The zero-order chi connectivity index (χ0) is 16.8. The largest absolute Gasteiger partial charge is 0.478 e. The van der Waals surface area contributed by atoms with Gasteiger partial charge in [-0.15, -0.1) is 0 Å². The second kappa shape index (κ2) is 7.97. The number of rotatable bonds is 6. The summed E-state index contributed by atoms with van der Waals surface area (Å²) in [5.74, 6) is 1.14. The lowest BCUT2D eigenvalue weighted by Crippen LogP contribution is -2.45. The minimum Gasteiger partial charge on any atom is -0.478 e. The van der Waals surface area contributed by atoms with Gasteiger partial charge in [-0.1, -0.05) is 38.2 Å². The molecule has 5 heteroatoms. The van der Waals surface area contributed by atoms with E-state index in [4.69, 9.17) is 15.2 Å². The Hall–Kier alpha value is -1.62. The van der Waals surface area contributed by atoms with Crippen molar-refractivity contribution in [1.29, 1.82) is 0 Å². The van der Waals surface area contributed by atoms with Crippen LogP contribution in [-0.4, -0.2) is 30.7 Å². The molecule has 1 aromatic rings. The maximum absolute atomic E-state index is 12.0. The Morgan fingerprint density at radius 2 is 2.00 bits per heavy atom. The molecule has 0 radical (unpaired) electrons. The number of aromatic nitrogens is 1. The lowest BCUT2D eigenvalue weighted by Gasteiger charge is -2.34. The van der Waals surface area contributed by atoms with E-state index in [0.29, 0.717) is 38.5 Å². The van der Waals surface area contributed by atoms with Crippen molar-refractivity contribution < 1.29 is 14.3 Å². The average molecular weight is 332 g/mol. The summed E-state index contributed by atoms with van der Waals surface area (Å²) in [4.78, 5) is 16.4. The van der Waals surface area contributed by atoms with Gasteiger partial charge in [-0.3, -0.25) is 4.79 Å². The van der Waals surface area contributed by atoms with Gasteiger partial charge in [-0.25, -0.2) is 4.98 Å². The van der Waals surface area contributed by atoms with Crippen LogP contribution in [0.15, 0.2) is 18.3 Å². The van der Waals surface area contributed by atoms with Crippen LogP contribution in [0.25, 0.3) is 0 Å². The summed E-state index contributed by atoms with van der Waals surface area (Å²) in [6, 6.07) is 3.79. The predicted octanol–water partition coefficient (Wildman–Crippen LogP) is 2.96. The predicted molar refractivity (Wildman–Crippen MR) is 91.8 cm³/mol. The van der Waals surface area contributed by atoms with Gasteiger partial charge in [-0.05, 0) is 30.7 Å². The Labute approximate surface area is 143 Å². The fourth-order valence-electron chi connectivity index (χ4n) is 3.95. The number of amides is 1. The molecule has 2 N–H and O–H groups in total. The second-order valence-electron chi connectivity index (χ2n) is 7.09. The quantitative estimate of drug-likeness (QED) is 0.869. The molecule has 1 saturated heterocycles. The highest BCUT2D eigenvalue weighted by atomic mass is 16.5. The van der Waals surface area contributed by atoms with Crippen LogP contribution >= 0.6 is 0 Å². The van der Waals surface area contributed by atoms with Gasteiger partial charge in [0.25, 0.3) is 0 Å². The number of ether oxygens (including phenoxy) is 2. The molecule has 1 saturated carbocycles. The standard InChI is InChI=1S/C19H28N2O3/c20-18(22)19(9-12-23-13-10-19)16-6-7-17(21-14-16)24-11-8-15-4-2-1-3-5-15/h6-7,14-15H,1-5,8-13H2,(H2,20,22). The molecule has 0 spiro atoms. The number of hydrogen-bond donors (Lipinski definition) is 1. The van der Waals surface area contributed by atoms with Gasteiger partial charge in [0.1, 0.15) is 0 Å². The number of carbonyl (C=O) groups is 1. The molecule has 2 aliphatic rings. The molecule has 0 unspecified atom stereocenters. The first-order valence-corrected chi connectivity index (χ1v) is 9.18. The molecule has 24 heavy (non-hydrogen) atoms. The first-order chi connectivity index (χ1) is 11.7. The lowest BCUT2D eigenvalue weighted by atomic mass is 9.74. The third kappa shape index (κ3) is 3.89. The minimum atomic E-state index is -0.647. The molecular weight excluding hydrogens is 304 g/mol. The molecule has 2 heterocycles. The van der Waals surface area contributed by atoms with Crippen molar-refractivity contribution in [2.75, 3.05) is 19.8 Å². The number of carbonyl (C=O) groups excluding carboxylic acids is 1. The summed E-state index contributed by atoms with van der Waals surface area (Å²) < 4.78 is 11.2. The zero-order valence-corrected chi connectivity index (χ0v) is 14.3. The van der Waals surface area contributed by atoms with Crippen LogP contribution in [0.1, 0.15) is 56.9 Å². The third-order valence-corrected chi connectivity index (χ3v) is 5.61. The van der Waals surface area contributed by atoms with Gasteiger partial charge >= 0.3 is 0 Å². The van der Waals surface area contributed by atoms with Crippen molar-refractivity contribution in [3.63, 3.8) is 0 Å². The van der Waals surface area contributed by atoms with E-state index in [1.807, 2.05) is 12.1 Å². The summed E-state index contributed by atoms with van der Waals surface area (Å²) in [7, 11) is 0. The van der Waals surface area contributed by atoms with E-state index in [1.165, 1.54) is 32.1 Å². The summed E-state index contributed by atoms with van der Waals surface area (Å²) >= 11 is 0. The topological polar surface area (TPSA) is 74.4 Å². The second-order valence-corrected chi connectivity index (χ2v) is 7.09. The van der Waals surface area contributed by atoms with Crippen molar-refractivity contribution in [3.8, 4) is 5.88 Å². The fourth-order valence-corrected chi connectivity index (χ4v) is 3.95. The molecule has 0 aromatic carbocycles. The van der Waals surface area contributed by atoms with Gasteiger partial charge in [-0.2, -0.15) is 0 Å². The molecule has 5 nitrogen and oxygen atoms in total. The van der Waals surface area contributed by atoms with E-state index in [9.17, 15) is 4.79 Å². The molecule has 3 rings (SSSR count). The van der Waals surface area contributed by atoms with E-state index < -0.39 is 5.41 Å². The smallest absolute Gasteiger partial charge is 0.228 e.